The summed E-state index contributed by atoms with van der Waals surface area (Å²) in [7, 11) is 0. The number of halogens is 1. The number of hydrogen-bond acceptors (Lipinski definition) is 8. The second-order valence-corrected chi connectivity index (χ2v) is 10.6. The van der Waals surface area contributed by atoms with Crippen LogP contribution in [0.2, 0.25) is 5.02 Å². The molecule has 3 aromatic heterocycles. The Kier molecular flexibility index (Phi) is 7.14. The molecule has 4 aromatic rings. The Bertz CT molecular complexity index is 1400. The minimum Gasteiger partial charge on any atom is -0.492 e. The minimum atomic E-state index is -0.178. The summed E-state index contributed by atoms with van der Waals surface area (Å²) < 4.78 is 14.4. The maximum absolute atomic E-state index is 6.84. The van der Waals surface area contributed by atoms with Crippen LogP contribution in [0.15, 0.2) is 49.1 Å². The van der Waals surface area contributed by atoms with Crippen LogP contribution in [0.5, 0.6) is 11.6 Å². The van der Waals surface area contributed by atoms with E-state index in [0.29, 0.717) is 29.6 Å². The van der Waals surface area contributed by atoms with Crippen LogP contribution in [0.25, 0.3) is 22.6 Å². The summed E-state index contributed by atoms with van der Waals surface area (Å²) in [5, 5.41) is 3.95. The average molecular weight is 534 g/mol. The Morgan fingerprint density at radius 1 is 1.11 bits per heavy atom. The number of pyridine rings is 1. The van der Waals surface area contributed by atoms with Crippen LogP contribution < -0.4 is 14.8 Å². The van der Waals surface area contributed by atoms with Crippen molar-refractivity contribution in [3.8, 4) is 23.0 Å². The molecular weight excluding hydrogens is 502 g/mol. The molecule has 0 spiro atoms. The molecule has 198 valence electrons. The molecule has 9 nitrogen and oxygen atoms in total. The number of hydrogen-bond donors (Lipinski definition) is 1. The van der Waals surface area contributed by atoms with Gasteiger partial charge < -0.3 is 19.4 Å². The van der Waals surface area contributed by atoms with Crippen LogP contribution in [0.3, 0.4) is 0 Å². The lowest BCUT2D eigenvalue weighted by molar-refractivity contribution is 0.191. The van der Waals surface area contributed by atoms with Crippen molar-refractivity contribution >= 4 is 22.8 Å². The smallest absolute Gasteiger partial charge is 0.245 e. The molecule has 1 aromatic carbocycles. The number of nitrogens with zero attached hydrogens (tertiary/aromatic N) is 6. The molecule has 0 bridgehead atoms. The first kappa shape index (κ1) is 25.0. The summed E-state index contributed by atoms with van der Waals surface area (Å²) in [6.07, 6.45) is 8.01. The van der Waals surface area contributed by atoms with E-state index in [-0.39, 0.29) is 5.60 Å². The van der Waals surface area contributed by atoms with Gasteiger partial charge in [0.1, 0.15) is 30.1 Å². The Hall–Kier alpha value is -3.27. The van der Waals surface area contributed by atoms with Gasteiger partial charge in [-0.1, -0.05) is 17.7 Å². The lowest BCUT2D eigenvalue weighted by Crippen LogP contribution is -2.44. The number of aromatic nitrogens is 5. The summed E-state index contributed by atoms with van der Waals surface area (Å²) in [5.41, 5.74) is 3.15. The van der Waals surface area contributed by atoms with Gasteiger partial charge in [-0.3, -0.25) is 9.88 Å². The second kappa shape index (κ2) is 10.8. The molecule has 1 aliphatic carbocycles. The fourth-order valence-corrected chi connectivity index (χ4v) is 4.96. The number of piperazine rings is 1. The number of rotatable bonds is 10. The molecule has 1 saturated carbocycles. The van der Waals surface area contributed by atoms with Crippen molar-refractivity contribution in [2.75, 3.05) is 39.3 Å². The zero-order valence-corrected chi connectivity index (χ0v) is 22.3. The molecule has 10 heteroatoms. The number of nitrogens with one attached hydrogen (secondary N) is 1. The van der Waals surface area contributed by atoms with Gasteiger partial charge >= 0.3 is 0 Å². The highest BCUT2D eigenvalue weighted by Gasteiger charge is 2.41. The lowest BCUT2D eigenvalue weighted by atomic mass is 10.2. The summed E-state index contributed by atoms with van der Waals surface area (Å²) in [5.74, 6) is 1.99. The maximum atomic E-state index is 6.84. The van der Waals surface area contributed by atoms with Crippen molar-refractivity contribution < 1.29 is 9.47 Å². The van der Waals surface area contributed by atoms with E-state index >= 15 is 0 Å². The molecule has 0 unspecified atom stereocenters. The van der Waals surface area contributed by atoms with E-state index < -0.39 is 0 Å². The van der Waals surface area contributed by atoms with E-state index in [2.05, 4.69) is 42.7 Å². The van der Waals surface area contributed by atoms with E-state index in [1.165, 1.54) is 0 Å². The zero-order valence-electron chi connectivity index (χ0n) is 21.6. The Morgan fingerprint density at radius 2 is 1.97 bits per heavy atom. The molecule has 6 rings (SSSR count). The van der Waals surface area contributed by atoms with E-state index in [0.717, 1.165) is 80.3 Å². The van der Waals surface area contributed by atoms with Gasteiger partial charge in [0.05, 0.1) is 5.02 Å². The Balaban J connectivity index is 1.28. The largest absolute Gasteiger partial charge is 0.492 e. The van der Waals surface area contributed by atoms with E-state index in [1.54, 1.807) is 12.5 Å². The molecule has 2 fully saturated rings. The van der Waals surface area contributed by atoms with E-state index in [1.807, 2.05) is 30.5 Å². The monoisotopic (exact) mass is 533 g/mol. The third-order valence-electron chi connectivity index (χ3n) is 7.21. The van der Waals surface area contributed by atoms with Crippen molar-refractivity contribution in [2.45, 2.75) is 38.3 Å². The number of ether oxygens (including phenoxy) is 2. The van der Waals surface area contributed by atoms with Gasteiger partial charge in [-0.15, -0.1) is 0 Å². The van der Waals surface area contributed by atoms with Gasteiger partial charge in [0.2, 0.25) is 5.88 Å². The second-order valence-electron chi connectivity index (χ2n) is 10.2. The van der Waals surface area contributed by atoms with Gasteiger partial charge in [0.15, 0.2) is 11.2 Å². The first-order valence-electron chi connectivity index (χ1n) is 13.2. The molecule has 1 N–H and O–H groups in total. The predicted octanol–water partition coefficient (Wildman–Crippen LogP) is 4.00. The molecule has 1 aliphatic heterocycles. The standard InChI is InChI=1S/C28H32ClN7O2/c1-28(7-8-28)38-27-24-26(32-19-33-27)36(12-6-20-3-2-9-31-18-20)25(34-24)22-5-4-21(17-23(22)29)37-16-15-35-13-10-30-11-14-35/h2-5,9,17-19,30H,6-8,10-16H2,1H3. The van der Waals surface area contributed by atoms with Crippen molar-refractivity contribution in [3.63, 3.8) is 0 Å². The van der Waals surface area contributed by atoms with Crippen LogP contribution in [0.4, 0.5) is 0 Å². The highest BCUT2D eigenvalue weighted by atomic mass is 35.5. The van der Waals surface area contributed by atoms with Gasteiger partial charge in [-0.25, -0.2) is 9.97 Å². The van der Waals surface area contributed by atoms with Gasteiger partial charge in [0.25, 0.3) is 0 Å². The Morgan fingerprint density at radius 3 is 2.74 bits per heavy atom. The molecule has 0 amide bonds. The van der Waals surface area contributed by atoms with Crippen molar-refractivity contribution in [1.29, 1.82) is 0 Å². The zero-order chi connectivity index (χ0) is 26.0. The lowest BCUT2D eigenvalue weighted by Gasteiger charge is -2.26. The van der Waals surface area contributed by atoms with Crippen molar-refractivity contribution in [2.24, 2.45) is 0 Å². The van der Waals surface area contributed by atoms with Crippen LogP contribution >= 0.6 is 11.6 Å². The maximum Gasteiger partial charge on any atom is 0.245 e. The Labute approximate surface area is 227 Å². The highest BCUT2D eigenvalue weighted by Crippen LogP contribution is 2.41. The molecule has 2 aliphatic rings. The first-order valence-corrected chi connectivity index (χ1v) is 13.6. The van der Waals surface area contributed by atoms with Crippen LogP contribution in [-0.4, -0.2) is 74.3 Å². The predicted molar refractivity (Wildman–Crippen MR) is 147 cm³/mol. The van der Waals surface area contributed by atoms with Gasteiger partial charge in [-0.2, -0.15) is 4.98 Å². The number of aryl methyl sites for hydroxylation is 2. The fraction of sp³-hybridized carbons (Fsp3) is 0.429. The normalized spacial score (nSPS) is 17.0. The topological polar surface area (TPSA) is 90.2 Å². The third-order valence-corrected chi connectivity index (χ3v) is 7.52. The summed E-state index contributed by atoms with van der Waals surface area (Å²) in [4.78, 5) is 20.7. The number of benzene rings is 1. The van der Waals surface area contributed by atoms with Crippen LogP contribution in [0, 0.1) is 0 Å². The molecule has 1 saturated heterocycles. The van der Waals surface area contributed by atoms with Gasteiger partial charge in [0, 0.05) is 57.2 Å². The van der Waals surface area contributed by atoms with Crippen molar-refractivity contribution in [1.82, 2.24) is 34.7 Å². The molecular formula is C28H32ClN7O2. The summed E-state index contributed by atoms with van der Waals surface area (Å²) in [6, 6.07) is 9.82. The first-order chi connectivity index (χ1) is 18.6. The van der Waals surface area contributed by atoms with E-state index in [9.17, 15) is 0 Å². The molecule has 4 heterocycles. The number of fused-ring (bicyclic) bond motifs is 1. The molecule has 0 radical (unpaired) electrons. The van der Waals surface area contributed by atoms with Crippen molar-refractivity contribution in [3.05, 3.63) is 59.6 Å². The molecule has 38 heavy (non-hydrogen) atoms. The number of imidazole rings is 1. The van der Waals surface area contributed by atoms with Crippen LogP contribution in [-0.2, 0) is 13.0 Å². The fourth-order valence-electron chi connectivity index (χ4n) is 4.70. The third kappa shape index (κ3) is 5.60. The summed E-state index contributed by atoms with van der Waals surface area (Å²) in [6.45, 7) is 8.42. The van der Waals surface area contributed by atoms with Crippen LogP contribution in [0.1, 0.15) is 25.3 Å². The van der Waals surface area contributed by atoms with E-state index in [4.69, 9.17) is 26.1 Å². The minimum absolute atomic E-state index is 0.178. The average Bonchev–Trinajstić information content (AvgIpc) is 3.54. The highest BCUT2D eigenvalue weighted by molar-refractivity contribution is 6.33. The van der Waals surface area contributed by atoms with Gasteiger partial charge in [-0.05, 0) is 56.0 Å². The quantitative estimate of drug-likeness (QED) is 0.327. The molecule has 0 atom stereocenters. The SMILES string of the molecule is CC1(Oc2ncnc3c2nc(-c2ccc(OCCN4CCNCC4)cc2Cl)n3CCc2cccnc2)CC1. The summed E-state index contributed by atoms with van der Waals surface area (Å²) >= 11 is 6.84.